The van der Waals surface area contributed by atoms with Gasteiger partial charge in [-0.25, -0.2) is 8.78 Å². The summed E-state index contributed by atoms with van der Waals surface area (Å²) in [7, 11) is 1.72. The quantitative estimate of drug-likeness (QED) is 0.391. The van der Waals surface area contributed by atoms with Crippen molar-refractivity contribution < 1.29 is 8.78 Å². The van der Waals surface area contributed by atoms with Crippen molar-refractivity contribution in [2.45, 2.75) is 12.5 Å². The maximum atomic E-state index is 13.6. The first kappa shape index (κ1) is 20.3. The van der Waals surface area contributed by atoms with Gasteiger partial charge in [-0.1, -0.05) is 0 Å². The van der Waals surface area contributed by atoms with Crippen LogP contribution in [-0.4, -0.2) is 74.7 Å². The van der Waals surface area contributed by atoms with Crippen LogP contribution >= 0.6 is 24.0 Å². The van der Waals surface area contributed by atoms with Gasteiger partial charge in [-0.3, -0.25) is 14.8 Å². The van der Waals surface area contributed by atoms with Gasteiger partial charge in [0.1, 0.15) is 11.6 Å². The molecule has 1 unspecified atom stereocenters. The van der Waals surface area contributed by atoms with Gasteiger partial charge >= 0.3 is 0 Å². The maximum Gasteiger partial charge on any atom is 0.191 e. The van der Waals surface area contributed by atoms with E-state index >= 15 is 0 Å². The van der Waals surface area contributed by atoms with E-state index in [1.807, 2.05) is 0 Å². The van der Waals surface area contributed by atoms with Crippen LogP contribution in [0.1, 0.15) is 5.56 Å². The molecule has 0 amide bonds. The average molecular weight is 465 g/mol. The molecule has 3 saturated heterocycles. The zero-order valence-electron chi connectivity index (χ0n) is 14.5. The van der Waals surface area contributed by atoms with Crippen molar-refractivity contribution in [1.82, 2.24) is 20.4 Å². The Balaban J connectivity index is 0.00000225. The van der Waals surface area contributed by atoms with Crippen molar-refractivity contribution in [1.29, 1.82) is 0 Å². The van der Waals surface area contributed by atoms with Crippen LogP contribution in [0.25, 0.3) is 0 Å². The zero-order valence-corrected chi connectivity index (χ0v) is 16.8. The lowest BCUT2D eigenvalue weighted by molar-refractivity contribution is 0.0154. The van der Waals surface area contributed by atoms with Crippen molar-refractivity contribution in [2.24, 2.45) is 4.99 Å². The lowest BCUT2D eigenvalue weighted by Gasteiger charge is -2.47. The number of nitrogens with zero attached hydrogens (tertiary/aromatic N) is 3. The van der Waals surface area contributed by atoms with E-state index in [4.69, 9.17) is 0 Å². The molecule has 8 heteroatoms. The second kappa shape index (κ2) is 9.63. The molecular weight excluding hydrogens is 439 g/mol. The number of nitrogens with one attached hydrogen (secondary N) is 2. The lowest BCUT2D eigenvalue weighted by atomic mass is 10.1. The van der Waals surface area contributed by atoms with Crippen LogP contribution in [0.15, 0.2) is 23.2 Å². The summed E-state index contributed by atoms with van der Waals surface area (Å²) in [5.41, 5.74) is 0.376. The molecule has 0 aliphatic carbocycles. The van der Waals surface area contributed by atoms with Crippen molar-refractivity contribution in [3.63, 3.8) is 0 Å². The van der Waals surface area contributed by atoms with Crippen molar-refractivity contribution >= 4 is 29.9 Å². The highest BCUT2D eigenvalue weighted by Gasteiger charge is 2.31. The highest BCUT2D eigenvalue weighted by Crippen LogP contribution is 2.14. The number of hydrogen-bond donors (Lipinski definition) is 2. The minimum absolute atomic E-state index is 0. The van der Waals surface area contributed by atoms with Crippen LogP contribution < -0.4 is 10.6 Å². The fourth-order valence-electron chi connectivity index (χ4n) is 3.40. The molecule has 0 spiro atoms. The van der Waals surface area contributed by atoms with E-state index < -0.39 is 5.82 Å². The van der Waals surface area contributed by atoms with Gasteiger partial charge in [-0.2, -0.15) is 0 Å². The van der Waals surface area contributed by atoms with E-state index in [0.717, 1.165) is 32.2 Å². The standard InChI is InChI=1S/C17H25F2N5.HI/c1-20-17(21-5-4-13-10-14(18)2-3-16(13)19)22-11-15-12-23-6-8-24(15)9-7-23;/h2-3,10,15H,4-9,11-12H2,1H3,(H2,20,21,22);1H. The first-order valence-electron chi connectivity index (χ1n) is 8.50. The van der Waals surface area contributed by atoms with E-state index in [1.165, 1.54) is 25.2 Å². The van der Waals surface area contributed by atoms with Gasteiger partial charge in [0.05, 0.1) is 0 Å². The molecule has 1 aromatic rings. The van der Waals surface area contributed by atoms with Crippen molar-refractivity contribution in [3.05, 3.63) is 35.4 Å². The molecule has 2 N–H and O–H groups in total. The summed E-state index contributed by atoms with van der Waals surface area (Å²) in [6, 6.07) is 4.05. The highest BCUT2D eigenvalue weighted by atomic mass is 127. The Labute approximate surface area is 164 Å². The van der Waals surface area contributed by atoms with Crippen LogP contribution in [0.2, 0.25) is 0 Å². The van der Waals surface area contributed by atoms with Gasteiger partial charge in [0.25, 0.3) is 0 Å². The summed E-state index contributed by atoms with van der Waals surface area (Å²) < 4.78 is 26.8. The molecule has 1 atom stereocenters. The van der Waals surface area contributed by atoms with Crippen molar-refractivity contribution in [2.75, 3.05) is 52.9 Å². The van der Waals surface area contributed by atoms with E-state index in [0.29, 0.717) is 30.5 Å². The third kappa shape index (κ3) is 5.49. The SMILES string of the molecule is CN=C(NCCc1cc(F)ccc1F)NCC1CN2CCN1CC2.I. The third-order valence-corrected chi connectivity index (χ3v) is 4.82. The molecule has 3 aliphatic heterocycles. The lowest BCUT2D eigenvalue weighted by Crippen LogP contribution is -2.63. The molecule has 0 aromatic heterocycles. The molecule has 3 aliphatic rings. The summed E-state index contributed by atoms with van der Waals surface area (Å²) in [5, 5.41) is 6.50. The molecule has 4 rings (SSSR count). The predicted molar refractivity (Wildman–Crippen MR) is 107 cm³/mol. The second-order valence-electron chi connectivity index (χ2n) is 6.36. The summed E-state index contributed by atoms with van der Waals surface area (Å²) in [5.74, 6) is -0.0870. The number of halogens is 3. The van der Waals surface area contributed by atoms with E-state index in [-0.39, 0.29) is 29.8 Å². The van der Waals surface area contributed by atoms with Gasteiger partial charge in [-0.05, 0) is 30.2 Å². The Morgan fingerprint density at radius 2 is 1.96 bits per heavy atom. The van der Waals surface area contributed by atoms with Crippen LogP contribution in [0, 0.1) is 11.6 Å². The second-order valence-corrected chi connectivity index (χ2v) is 6.36. The van der Waals surface area contributed by atoms with Gasteiger partial charge in [0, 0.05) is 58.9 Å². The fraction of sp³-hybridized carbons (Fsp3) is 0.588. The van der Waals surface area contributed by atoms with E-state index in [1.54, 1.807) is 7.05 Å². The largest absolute Gasteiger partial charge is 0.356 e. The monoisotopic (exact) mass is 465 g/mol. The minimum Gasteiger partial charge on any atom is -0.356 e. The fourth-order valence-corrected chi connectivity index (χ4v) is 3.40. The normalized spacial score (nSPS) is 25.4. The third-order valence-electron chi connectivity index (χ3n) is 4.82. The molecule has 2 bridgehead atoms. The van der Waals surface area contributed by atoms with Gasteiger partial charge in [0.2, 0.25) is 0 Å². The number of piperazine rings is 3. The van der Waals surface area contributed by atoms with Gasteiger partial charge < -0.3 is 10.6 Å². The Hall–Kier alpha value is -1.00. The Morgan fingerprint density at radius 3 is 2.60 bits per heavy atom. The molecule has 3 heterocycles. The number of hydrogen-bond acceptors (Lipinski definition) is 3. The van der Waals surface area contributed by atoms with Crippen molar-refractivity contribution in [3.8, 4) is 0 Å². The number of rotatable bonds is 5. The number of benzene rings is 1. The molecule has 0 radical (unpaired) electrons. The van der Waals surface area contributed by atoms with Crippen LogP contribution in [-0.2, 0) is 6.42 Å². The smallest absolute Gasteiger partial charge is 0.191 e. The number of guanidine groups is 1. The van der Waals surface area contributed by atoms with Crippen LogP contribution in [0.4, 0.5) is 8.78 Å². The zero-order chi connectivity index (χ0) is 16.9. The molecular formula is C17H26F2IN5. The summed E-state index contributed by atoms with van der Waals surface area (Å²) in [6.45, 7) is 7.04. The molecule has 1 aromatic carbocycles. The summed E-state index contributed by atoms with van der Waals surface area (Å²) in [4.78, 5) is 9.21. The molecule has 25 heavy (non-hydrogen) atoms. The van der Waals surface area contributed by atoms with Gasteiger partial charge in [-0.15, -0.1) is 24.0 Å². The summed E-state index contributed by atoms with van der Waals surface area (Å²) in [6.07, 6.45) is 0.410. The first-order valence-corrected chi connectivity index (χ1v) is 8.50. The van der Waals surface area contributed by atoms with Gasteiger partial charge in [0.15, 0.2) is 5.96 Å². The minimum atomic E-state index is -0.412. The molecule has 5 nitrogen and oxygen atoms in total. The molecule has 0 saturated carbocycles. The Bertz CT molecular complexity index is 590. The highest BCUT2D eigenvalue weighted by molar-refractivity contribution is 14.0. The molecule has 140 valence electrons. The van der Waals surface area contributed by atoms with Crippen LogP contribution in [0.5, 0.6) is 0 Å². The first-order chi connectivity index (χ1) is 11.7. The predicted octanol–water partition coefficient (Wildman–Crippen LogP) is 1.29. The molecule has 3 fully saturated rings. The average Bonchev–Trinajstić information content (AvgIpc) is 2.62. The Kier molecular flexibility index (Phi) is 7.82. The maximum absolute atomic E-state index is 13.6. The summed E-state index contributed by atoms with van der Waals surface area (Å²) >= 11 is 0. The number of aliphatic imine (C=N–C) groups is 1. The Morgan fingerprint density at radius 1 is 1.20 bits per heavy atom. The van der Waals surface area contributed by atoms with E-state index in [2.05, 4.69) is 25.4 Å². The van der Waals surface area contributed by atoms with Crippen LogP contribution in [0.3, 0.4) is 0 Å². The number of fused-ring (bicyclic) bond motifs is 3. The van der Waals surface area contributed by atoms with E-state index in [9.17, 15) is 8.78 Å². The topological polar surface area (TPSA) is 42.9 Å².